The summed E-state index contributed by atoms with van der Waals surface area (Å²) in [6.45, 7) is 3.82. The van der Waals surface area contributed by atoms with Gasteiger partial charge in [0.25, 0.3) is 0 Å². The first-order valence-electron chi connectivity index (χ1n) is 7.08. The number of ether oxygens (including phenoxy) is 1. The highest BCUT2D eigenvalue weighted by molar-refractivity contribution is 9.10. The van der Waals surface area contributed by atoms with Gasteiger partial charge in [-0.05, 0) is 34.0 Å². The Morgan fingerprint density at radius 1 is 1.33 bits per heavy atom. The highest BCUT2D eigenvalue weighted by atomic mass is 79.9. The molecule has 3 heterocycles. The molecule has 2 aromatic heterocycles. The van der Waals surface area contributed by atoms with E-state index in [0.29, 0.717) is 0 Å². The van der Waals surface area contributed by atoms with Crippen LogP contribution >= 0.6 is 15.9 Å². The third-order valence-corrected chi connectivity index (χ3v) is 4.15. The van der Waals surface area contributed by atoms with Crippen molar-refractivity contribution in [1.29, 1.82) is 0 Å². The van der Waals surface area contributed by atoms with E-state index in [-0.39, 0.29) is 6.10 Å². The number of hydrogen-bond donors (Lipinski definition) is 0. The molecular weight excluding hydrogens is 332 g/mol. The molecule has 2 aromatic rings. The second-order valence-corrected chi connectivity index (χ2v) is 5.88. The summed E-state index contributed by atoms with van der Waals surface area (Å²) >= 11 is 3.45. The lowest BCUT2D eigenvalue weighted by atomic mass is 10.3. The molecule has 6 heteroatoms. The Bertz CT molecular complexity index is 605. The summed E-state index contributed by atoms with van der Waals surface area (Å²) in [6, 6.07) is 1.87. The topological polar surface area (TPSA) is 51.1 Å². The molecule has 0 aliphatic carbocycles. The molecule has 0 aromatic carbocycles. The largest absolute Gasteiger partial charge is 0.487 e. The summed E-state index contributed by atoms with van der Waals surface area (Å²) in [5.74, 6) is 1.62. The zero-order valence-corrected chi connectivity index (χ0v) is 13.5. The van der Waals surface area contributed by atoms with Crippen LogP contribution in [0.4, 0.5) is 5.95 Å². The monoisotopic (exact) mass is 348 g/mol. The average Bonchev–Trinajstić information content (AvgIpc) is 2.98. The van der Waals surface area contributed by atoms with Gasteiger partial charge in [0.15, 0.2) is 0 Å². The fourth-order valence-electron chi connectivity index (χ4n) is 2.34. The summed E-state index contributed by atoms with van der Waals surface area (Å²) in [4.78, 5) is 15.1. The third kappa shape index (κ3) is 3.32. The zero-order chi connectivity index (χ0) is 14.7. The van der Waals surface area contributed by atoms with E-state index >= 15 is 0 Å². The molecule has 21 heavy (non-hydrogen) atoms. The van der Waals surface area contributed by atoms with Crippen molar-refractivity contribution in [3.05, 3.63) is 40.9 Å². The smallest absolute Gasteiger partial charge is 0.225 e. The van der Waals surface area contributed by atoms with E-state index in [1.54, 1.807) is 12.4 Å². The fraction of sp³-hybridized carbons (Fsp3) is 0.400. The summed E-state index contributed by atoms with van der Waals surface area (Å²) in [5, 5.41) is 0. The molecule has 1 aliphatic rings. The summed E-state index contributed by atoms with van der Waals surface area (Å²) in [5.41, 5.74) is 1.16. The Morgan fingerprint density at radius 3 is 2.86 bits per heavy atom. The Morgan fingerprint density at radius 2 is 2.14 bits per heavy atom. The highest BCUT2D eigenvalue weighted by Gasteiger charge is 2.26. The van der Waals surface area contributed by atoms with Crippen molar-refractivity contribution in [2.75, 3.05) is 18.0 Å². The number of hydrogen-bond acceptors (Lipinski definition) is 5. The van der Waals surface area contributed by atoms with E-state index in [1.807, 2.05) is 18.5 Å². The minimum atomic E-state index is 0.151. The lowest BCUT2D eigenvalue weighted by molar-refractivity contribution is 0.223. The van der Waals surface area contributed by atoms with Crippen molar-refractivity contribution in [2.24, 2.45) is 0 Å². The van der Waals surface area contributed by atoms with Crippen molar-refractivity contribution in [3.8, 4) is 5.75 Å². The molecule has 0 spiro atoms. The van der Waals surface area contributed by atoms with Gasteiger partial charge in [0.2, 0.25) is 5.95 Å². The number of aromatic nitrogens is 3. The molecule has 0 amide bonds. The predicted molar refractivity (Wildman–Crippen MR) is 84.6 cm³/mol. The van der Waals surface area contributed by atoms with Gasteiger partial charge in [-0.15, -0.1) is 0 Å². The minimum absolute atomic E-state index is 0.151. The molecule has 1 saturated heterocycles. The molecule has 110 valence electrons. The Labute approximate surface area is 132 Å². The first-order valence-corrected chi connectivity index (χ1v) is 7.87. The summed E-state index contributed by atoms with van der Waals surface area (Å²) < 4.78 is 6.90. The van der Waals surface area contributed by atoms with Crippen LogP contribution in [0.3, 0.4) is 0 Å². The van der Waals surface area contributed by atoms with Crippen LogP contribution in [0.25, 0.3) is 0 Å². The molecule has 1 fully saturated rings. The van der Waals surface area contributed by atoms with Gasteiger partial charge in [-0.1, -0.05) is 6.92 Å². The number of anilines is 1. The van der Waals surface area contributed by atoms with Crippen molar-refractivity contribution < 1.29 is 4.74 Å². The van der Waals surface area contributed by atoms with Crippen LogP contribution in [0, 0.1) is 0 Å². The molecule has 1 unspecified atom stereocenters. The quantitative estimate of drug-likeness (QED) is 0.850. The van der Waals surface area contributed by atoms with Crippen LogP contribution in [0.15, 0.2) is 35.3 Å². The summed E-state index contributed by atoms with van der Waals surface area (Å²) in [6.07, 6.45) is 9.36. The van der Waals surface area contributed by atoms with Crippen LogP contribution in [-0.2, 0) is 6.42 Å². The van der Waals surface area contributed by atoms with Crippen LogP contribution in [0.2, 0.25) is 0 Å². The maximum atomic E-state index is 6.02. The molecular formula is C15H17BrN4O. The first-order chi connectivity index (χ1) is 10.3. The standard InChI is InChI=1S/C15H17BrN4O/c1-2-11-7-18-15(19-8-11)20-6-4-12(10-20)21-14-3-5-17-9-13(14)16/h3,5,7-9,12H,2,4,6,10H2,1H3. The molecule has 5 nitrogen and oxygen atoms in total. The highest BCUT2D eigenvalue weighted by Crippen LogP contribution is 2.26. The van der Waals surface area contributed by atoms with Crippen molar-refractivity contribution in [1.82, 2.24) is 15.0 Å². The zero-order valence-electron chi connectivity index (χ0n) is 11.9. The van der Waals surface area contributed by atoms with Gasteiger partial charge in [-0.3, -0.25) is 4.98 Å². The maximum Gasteiger partial charge on any atom is 0.225 e. The van der Waals surface area contributed by atoms with E-state index < -0.39 is 0 Å². The van der Waals surface area contributed by atoms with E-state index in [2.05, 4.69) is 42.7 Å². The Hall–Kier alpha value is -1.69. The molecule has 0 radical (unpaired) electrons. The lowest BCUT2D eigenvalue weighted by Crippen LogP contribution is -2.26. The van der Waals surface area contributed by atoms with Crippen molar-refractivity contribution in [2.45, 2.75) is 25.9 Å². The maximum absolute atomic E-state index is 6.02. The first kappa shape index (κ1) is 14.3. The van der Waals surface area contributed by atoms with E-state index in [1.165, 1.54) is 0 Å². The van der Waals surface area contributed by atoms with Crippen LogP contribution in [0.1, 0.15) is 18.9 Å². The van der Waals surface area contributed by atoms with Gasteiger partial charge in [0.05, 0.1) is 11.0 Å². The number of halogens is 1. The predicted octanol–water partition coefficient (Wildman–Crippen LogP) is 2.85. The van der Waals surface area contributed by atoms with Gasteiger partial charge < -0.3 is 9.64 Å². The Kier molecular flexibility index (Phi) is 4.34. The van der Waals surface area contributed by atoms with Crippen LogP contribution in [0.5, 0.6) is 5.75 Å². The third-order valence-electron chi connectivity index (χ3n) is 3.56. The number of nitrogens with zero attached hydrogens (tertiary/aromatic N) is 4. The summed E-state index contributed by atoms with van der Waals surface area (Å²) in [7, 11) is 0. The molecule has 0 saturated carbocycles. The van der Waals surface area contributed by atoms with Crippen LogP contribution < -0.4 is 9.64 Å². The Balaban J connectivity index is 1.63. The molecule has 1 atom stereocenters. The molecule has 0 bridgehead atoms. The number of rotatable bonds is 4. The van der Waals surface area contributed by atoms with Crippen LogP contribution in [-0.4, -0.2) is 34.1 Å². The molecule has 1 aliphatic heterocycles. The van der Waals surface area contributed by atoms with E-state index in [4.69, 9.17) is 4.74 Å². The van der Waals surface area contributed by atoms with Gasteiger partial charge >= 0.3 is 0 Å². The SMILES string of the molecule is CCc1cnc(N2CCC(Oc3ccncc3Br)C2)nc1. The second kappa shape index (κ2) is 6.39. The van der Waals surface area contributed by atoms with Gasteiger partial charge in [-0.2, -0.15) is 0 Å². The lowest BCUT2D eigenvalue weighted by Gasteiger charge is -2.17. The number of pyridine rings is 1. The normalized spacial score (nSPS) is 18.0. The van der Waals surface area contributed by atoms with Gasteiger partial charge in [-0.25, -0.2) is 9.97 Å². The minimum Gasteiger partial charge on any atom is -0.487 e. The van der Waals surface area contributed by atoms with Gasteiger partial charge in [0.1, 0.15) is 11.9 Å². The van der Waals surface area contributed by atoms with Crippen molar-refractivity contribution in [3.63, 3.8) is 0 Å². The second-order valence-electron chi connectivity index (χ2n) is 5.03. The van der Waals surface area contributed by atoms with Crippen molar-refractivity contribution >= 4 is 21.9 Å². The van der Waals surface area contributed by atoms with Gasteiger partial charge in [0, 0.05) is 37.8 Å². The number of aryl methyl sites for hydroxylation is 1. The molecule has 0 N–H and O–H groups in total. The van der Waals surface area contributed by atoms with E-state index in [0.717, 1.165) is 47.7 Å². The van der Waals surface area contributed by atoms with E-state index in [9.17, 15) is 0 Å². The average molecular weight is 349 g/mol. The molecule has 3 rings (SSSR count). The fourth-order valence-corrected chi connectivity index (χ4v) is 2.68.